The third-order valence-electron chi connectivity index (χ3n) is 6.16. The van der Waals surface area contributed by atoms with Crippen LogP contribution in [0, 0.1) is 0 Å². The first kappa shape index (κ1) is 25.8. The number of hydrogen-bond acceptors (Lipinski definition) is 10. The van der Waals surface area contributed by atoms with Crippen LogP contribution >= 0.6 is 11.3 Å². The predicted molar refractivity (Wildman–Crippen MR) is 132 cm³/mol. The van der Waals surface area contributed by atoms with E-state index >= 15 is 0 Å². The standard InChI is InChI=1S/C23H22F3N7O4S/c24-23(25,26)37-16-3-1-13(11-15(16)29-20(35)22(5-6-22)33-7-9-36-10-8-33)18(34)30-21-32-31-19(38-21)14-2-4-17(27)28-12-14/h1-4,11-12H,5-10H2,(H2,27,28)(H,29,35)(H,30,32,34). The average Bonchev–Trinajstić information content (AvgIpc) is 3.58. The maximum absolute atomic E-state index is 13.2. The number of carbonyl (C=O) groups excluding carboxylic acids is 2. The lowest BCUT2D eigenvalue weighted by Gasteiger charge is -2.34. The molecule has 1 aliphatic carbocycles. The molecule has 0 unspecified atom stereocenters. The van der Waals surface area contributed by atoms with Gasteiger partial charge in [-0.3, -0.25) is 19.8 Å². The molecule has 2 aromatic heterocycles. The van der Waals surface area contributed by atoms with Gasteiger partial charge in [-0.25, -0.2) is 4.98 Å². The highest BCUT2D eigenvalue weighted by Crippen LogP contribution is 2.44. The molecule has 5 rings (SSSR count). The van der Waals surface area contributed by atoms with E-state index in [1.54, 1.807) is 12.1 Å². The molecule has 0 spiro atoms. The van der Waals surface area contributed by atoms with Gasteiger partial charge in [-0.05, 0) is 43.2 Å². The van der Waals surface area contributed by atoms with Crippen molar-refractivity contribution in [1.82, 2.24) is 20.1 Å². The summed E-state index contributed by atoms with van der Waals surface area (Å²) in [6, 6.07) is 6.58. The molecule has 15 heteroatoms. The summed E-state index contributed by atoms with van der Waals surface area (Å²) >= 11 is 1.07. The molecule has 1 aromatic carbocycles. The monoisotopic (exact) mass is 549 g/mol. The Morgan fingerprint density at radius 1 is 1.11 bits per heavy atom. The van der Waals surface area contributed by atoms with Crippen LogP contribution in [0.1, 0.15) is 23.2 Å². The maximum atomic E-state index is 13.2. The van der Waals surface area contributed by atoms with Crippen molar-refractivity contribution in [3.8, 4) is 16.3 Å². The summed E-state index contributed by atoms with van der Waals surface area (Å²) < 4.78 is 48.6. The molecule has 2 amide bonds. The summed E-state index contributed by atoms with van der Waals surface area (Å²) in [7, 11) is 0. The van der Waals surface area contributed by atoms with E-state index in [1.807, 2.05) is 4.90 Å². The molecule has 0 bridgehead atoms. The van der Waals surface area contributed by atoms with E-state index in [9.17, 15) is 22.8 Å². The highest BCUT2D eigenvalue weighted by Gasteiger charge is 2.54. The van der Waals surface area contributed by atoms with Crippen LogP contribution in [0.2, 0.25) is 0 Å². The minimum absolute atomic E-state index is 0.0167. The zero-order chi connectivity index (χ0) is 26.9. The van der Waals surface area contributed by atoms with Crippen LogP contribution in [0.25, 0.3) is 10.6 Å². The zero-order valence-corrected chi connectivity index (χ0v) is 20.6. The molecule has 2 aliphatic rings. The summed E-state index contributed by atoms with van der Waals surface area (Å²) in [5.74, 6) is -1.42. The highest BCUT2D eigenvalue weighted by atomic mass is 32.1. The van der Waals surface area contributed by atoms with E-state index in [4.69, 9.17) is 10.5 Å². The first-order chi connectivity index (χ1) is 18.1. The average molecular weight is 550 g/mol. The minimum Gasteiger partial charge on any atom is -0.404 e. The Hall–Kier alpha value is -3.82. The summed E-state index contributed by atoms with van der Waals surface area (Å²) in [4.78, 5) is 32.0. The van der Waals surface area contributed by atoms with Gasteiger partial charge < -0.3 is 20.5 Å². The fourth-order valence-corrected chi connectivity index (χ4v) is 4.84. The number of morpholine rings is 1. The number of rotatable bonds is 7. The number of ether oxygens (including phenoxy) is 2. The molecule has 2 fully saturated rings. The number of alkyl halides is 3. The van der Waals surface area contributed by atoms with E-state index in [1.165, 1.54) is 6.20 Å². The largest absolute Gasteiger partial charge is 0.573 e. The van der Waals surface area contributed by atoms with Crippen molar-refractivity contribution in [2.24, 2.45) is 0 Å². The predicted octanol–water partition coefficient (Wildman–Crippen LogP) is 3.14. The number of nitrogens with zero attached hydrogens (tertiary/aromatic N) is 4. The van der Waals surface area contributed by atoms with Crippen LogP contribution < -0.4 is 21.1 Å². The van der Waals surface area contributed by atoms with Crippen molar-refractivity contribution in [3.63, 3.8) is 0 Å². The quantitative estimate of drug-likeness (QED) is 0.405. The lowest BCUT2D eigenvalue weighted by atomic mass is 10.1. The number of anilines is 3. The first-order valence-electron chi connectivity index (χ1n) is 11.5. The zero-order valence-electron chi connectivity index (χ0n) is 19.7. The molecule has 38 heavy (non-hydrogen) atoms. The summed E-state index contributed by atoms with van der Waals surface area (Å²) in [5.41, 5.74) is 5.12. The number of nitrogen functional groups attached to an aromatic ring is 1. The van der Waals surface area contributed by atoms with Crippen molar-refractivity contribution < 1.29 is 32.2 Å². The van der Waals surface area contributed by atoms with Gasteiger partial charge in [-0.1, -0.05) is 11.3 Å². The molecular weight excluding hydrogens is 527 g/mol. The van der Waals surface area contributed by atoms with Gasteiger partial charge in [0.15, 0.2) is 10.8 Å². The Morgan fingerprint density at radius 2 is 1.87 bits per heavy atom. The van der Waals surface area contributed by atoms with Crippen molar-refractivity contribution in [3.05, 3.63) is 42.1 Å². The van der Waals surface area contributed by atoms with Crippen molar-refractivity contribution in [2.75, 3.05) is 42.7 Å². The lowest BCUT2D eigenvalue weighted by molar-refractivity contribution is -0.274. The van der Waals surface area contributed by atoms with E-state index in [0.717, 1.165) is 29.5 Å². The van der Waals surface area contributed by atoms with Crippen molar-refractivity contribution in [2.45, 2.75) is 24.7 Å². The number of benzene rings is 1. The van der Waals surface area contributed by atoms with E-state index < -0.39 is 29.5 Å². The minimum atomic E-state index is -5.00. The molecular formula is C23H22F3N7O4S. The van der Waals surface area contributed by atoms with Crippen LogP contribution in [0.4, 0.5) is 29.8 Å². The number of aromatic nitrogens is 3. The van der Waals surface area contributed by atoms with Gasteiger partial charge in [0.1, 0.15) is 11.4 Å². The summed E-state index contributed by atoms with van der Waals surface area (Å²) in [5, 5.41) is 13.7. The third-order valence-corrected chi connectivity index (χ3v) is 7.04. The normalized spacial score (nSPS) is 17.0. The number of nitrogens with one attached hydrogen (secondary N) is 2. The fourth-order valence-electron chi connectivity index (χ4n) is 4.11. The number of pyridine rings is 1. The second kappa shape index (κ2) is 10.2. The second-order valence-electron chi connectivity index (χ2n) is 8.68. The van der Waals surface area contributed by atoms with Gasteiger partial charge in [0.05, 0.1) is 18.9 Å². The molecule has 0 radical (unpaired) electrons. The molecule has 3 heterocycles. The number of amides is 2. The molecule has 4 N–H and O–H groups in total. The van der Waals surface area contributed by atoms with Gasteiger partial charge >= 0.3 is 6.36 Å². The lowest BCUT2D eigenvalue weighted by Crippen LogP contribution is -2.51. The van der Waals surface area contributed by atoms with Crippen LogP contribution in [-0.4, -0.2) is 70.1 Å². The Kier molecular flexibility index (Phi) is 6.90. The number of carbonyl (C=O) groups is 2. The van der Waals surface area contributed by atoms with Gasteiger partial charge in [0.25, 0.3) is 5.91 Å². The van der Waals surface area contributed by atoms with Gasteiger partial charge in [0.2, 0.25) is 11.0 Å². The van der Waals surface area contributed by atoms with Crippen LogP contribution in [0.5, 0.6) is 5.75 Å². The molecule has 1 saturated carbocycles. The highest BCUT2D eigenvalue weighted by molar-refractivity contribution is 7.18. The Labute approximate surface area is 218 Å². The van der Waals surface area contributed by atoms with Crippen molar-refractivity contribution in [1.29, 1.82) is 0 Å². The second-order valence-corrected chi connectivity index (χ2v) is 9.66. The SMILES string of the molecule is Nc1ccc(-c2nnc(NC(=O)c3ccc(OC(F)(F)F)c(NC(=O)C4(N5CCOCC5)CC4)c3)s2)cn1. The van der Waals surface area contributed by atoms with Crippen LogP contribution in [-0.2, 0) is 9.53 Å². The van der Waals surface area contributed by atoms with E-state index in [2.05, 4.69) is 30.6 Å². The molecule has 3 aromatic rings. The summed E-state index contributed by atoms with van der Waals surface area (Å²) in [6.07, 6.45) is -2.35. The smallest absolute Gasteiger partial charge is 0.404 e. The van der Waals surface area contributed by atoms with Gasteiger partial charge in [-0.2, -0.15) is 0 Å². The number of hydrogen-bond donors (Lipinski definition) is 3. The molecule has 1 saturated heterocycles. The third kappa shape index (κ3) is 5.69. The van der Waals surface area contributed by atoms with Crippen molar-refractivity contribution >= 4 is 39.8 Å². The van der Waals surface area contributed by atoms with Crippen LogP contribution in [0.3, 0.4) is 0 Å². The Bertz CT molecular complexity index is 1340. The molecule has 0 atom stereocenters. The summed E-state index contributed by atoms with van der Waals surface area (Å²) in [6.45, 7) is 2.01. The molecule has 1 aliphatic heterocycles. The van der Waals surface area contributed by atoms with Gasteiger partial charge in [0, 0.05) is 30.4 Å². The van der Waals surface area contributed by atoms with E-state index in [0.29, 0.717) is 55.5 Å². The van der Waals surface area contributed by atoms with Gasteiger partial charge in [-0.15, -0.1) is 23.4 Å². The maximum Gasteiger partial charge on any atom is 0.573 e. The first-order valence-corrected chi connectivity index (χ1v) is 12.4. The number of halogens is 3. The van der Waals surface area contributed by atoms with Crippen LogP contribution in [0.15, 0.2) is 36.5 Å². The fraction of sp³-hybridized carbons (Fsp3) is 0.348. The Morgan fingerprint density at radius 3 is 2.53 bits per heavy atom. The molecule has 200 valence electrons. The Balaban J connectivity index is 1.35. The number of nitrogens with two attached hydrogens (primary N) is 1. The topological polar surface area (TPSA) is 145 Å². The van der Waals surface area contributed by atoms with E-state index in [-0.39, 0.29) is 16.4 Å². The molecule has 11 nitrogen and oxygen atoms in total.